The van der Waals surface area contributed by atoms with Crippen molar-refractivity contribution in [2.75, 3.05) is 31.1 Å². The summed E-state index contributed by atoms with van der Waals surface area (Å²) in [6.45, 7) is 6.22. The minimum absolute atomic E-state index is 0.124. The number of para-hydroxylation sites is 1. The smallest absolute Gasteiger partial charge is 0.282 e. The summed E-state index contributed by atoms with van der Waals surface area (Å²) in [4.78, 5) is 27.2. The first-order chi connectivity index (χ1) is 14.9. The monoisotopic (exact) mass is 417 g/mol. The predicted octanol–water partition coefficient (Wildman–Crippen LogP) is 3.63. The molecule has 0 unspecified atom stereocenters. The Kier molecular flexibility index (Phi) is 5.62. The fourth-order valence-corrected chi connectivity index (χ4v) is 3.86. The Morgan fingerprint density at radius 1 is 0.968 bits per heavy atom. The van der Waals surface area contributed by atoms with Crippen LogP contribution in [0.3, 0.4) is 0 Å². The molecule has 158 valence electrons. The third-order valence-electron chi connectivity index (χ3n) is 5.53. The highest BCUT2D eigenvalue weighted by Crippen LogP contribution is 2.24. The number of carbonyl (C=O) groups is 1. The topological polar surface area (TPSA) is 92.5 Å². The summed E-state index contributed by atoms with van der Waals surface area (Å²) in [5, 5.41) is 20.0. The summed E-state index contributed by atoms with van der Waals surface area (Å²) in [7, 11) is 0. The third-order valence-corrected chi connectivity index (χ3v) is 5.53. The summed E-state index contributed by atoms with van der Waals surface area (Å²) in [5.74, 6) is 0.439. The first-order valence-corrected chi connectivity index (χ1v) is 10.1. The van der Waals surface area contributed by atoms with E-state index in [2.05, 4.69) is 47.1 Å². The van der Waals surface area contributed by atoms with Crippen LogP contribution in [0.25, 0.3) is 11.3 Å². The van der Waals surface area contributed by atoms with Gasteiger partial charge in [-0.25, -0.2) is 0 Å². The quantitative estimate of drug-likeness (QED) is 0.475. The van der Waals surface area contributed by atoms with E-state index in [0.29, 0.717) is 26.2 Å². The highest BCUT2D eigenvalue weighted by Gasteiger charge is 2.27. The number of nitro benzene ring substituents is 1. The number of aryl methyl sites for hydroxylation is 2. The van der Waals surface area contributed by atoms with Gasteiger partial charge >= 0.3 is 0 Å². The van der Waals surface area contributed by atoms with Crippen LogP contribution in [0.15, 0.2) is 54.6 Å². The zero-order chi connectivity index (χ0) is 22.0. The van der Waals surface area contributed by atoms with E-state index in [-0.39, 0.29) is 17.2 Å². The number of rotatable bonds is 4. The maximum atomic E-state index is 12.8. The summed E-state index contributed by atoms with van der Waals surface area (Å²) in [6, 6.07) is 16.2. The van der Waals surface area contributed by atoms with E-state index in [1.165, 1.54) is 17.7 Å². The number of carbonyl (C=O) groups excluding carboxylic acids is 1. The lowest BCUT2D eigenvalue weighted by Crippen LogP contribution is -2.49. The molecular formula is C23H23N5O3. The summed E-state index contributed by atoms with van der Waals surface area (Å²) < 4.78 is 0. The van der Waals surface area contributed by atoms with Crippen molar-refractivity contribution in [1.82, 2.24) is 15.1 Å². The second kappa shape index (κ2) is 8.51. The van der Waals surface area contributed by atoms with Gasteiger partial charge in [0.1, 0.15) is 5.56 Å². The molecule has 0 saturated carbocycles. The third kappa shape index (κ3) is 4.23. The Balaban J connectivity index is 1.43. The molecule has 31 heavy (non-hydrogen) atoms. The normalized spacial score (nSPS) is 13.9. The number of aromatic nitrogens is 2. The van der Waals surface area contributed by atoms with Crippen LogP contribution in [0, 0.1) is 24.0 Å². The highest BCUT2D eigenvalue weighted by molar-refractivity contribution is 5.98. The summed E-state index contributed by atoms with van der Waals surface area (Å²) in [5.41, 5.74) is 4.21. The molecule has 1 aliphatic rings. The molecule has 1 aromatic heterocycles. The number of amides is 1. The molecule has 1 amide bonds. The molecule has 8 heteroatoms. The second-order valence-corrected chi connectivity index (χ2v) is 7.65. The minimum Gasteiger partial charge on any atom is -0.352 e. The van der Waals surface area contributed by atoms with E-state index in [0.717, 1.165) is 22.6 Å². The lowest BCUT2D eigenvalue weighted by atomic mass is 10.0. The molecule has 2 aromatic carbocycles. The Labute approximate surface area is 180 Å². The van der Waals surface area contributed by atoms with Crippen molar-refractivity contribution in [3.8, 4) is 11.3 Å². The van der Waals surface area contributed by atoms with Gasteiger partial charge in [-0.3, -0.25) is 14.9 Å². The van der Waals surface area contributed by atoms with Crippen LogP contribution in [0.2, 0.25) is 0 Å². The molecule has 8 nitrogen and oxygen atoms in total. The zero-order valence-electron chi connectivity index (χ0n) is 17.5. The Morgan fingerprint density at radius 2 is 1.71 bits per heavy atom. The molecule has 1 saturated heterocycles. The number of nitrogens with zero attached hydrogens (tertiary/aromatic N) is 5. The van der Waals surface area contributed by atoms with Crippen LogP contribution in [0.5, 0.6) is 0 Å². The maximum Gasteiger partial charge on any atom is 0.282 e. The average molecular weight is 417 g/mol. The molecule has 2 heterocycles. The van der Waals surface area contributed by atoms with Crippen molar-refractivity contribution in [3.63, 3.8) is 0 Å². The summed E-state index contributed by atoms with van der Waals surface area (Å²) in [6.07, 6.45) is 0. The first-order valence-electron chi connectivity index (χ1n) is 10.1. The standard InChI is InChI=1S/C23H23N5O3/c1-16-7-8-18(17(2)15-16)20-9-10-22(25-24-20)26-11-13-27(14-12-26)23(29)19-5-3-4-6-21(19)28(30)31/h3-10,15H,11-14H2,1-2H3. The number of anilines is 1. The van der Waals surface area contributed by atoms with E-state index in [9.17, 15) is 14.9 Å². The molecule has 1 aliphatic heterocycles. The van der Waals surface area contributed by atoms with Crippen molar-refractivity contribution in [3.05, 3.63) is 81.4 Å². The van der Waals surface area contributed by atoms with Gasteiger partial charge in [0.15, 0.2) is 5.82 Å². The number of hydrogen-bond donors (Lipinski definition) is 0. The van der Waals surface area contributed by atoms with Gasteiger partial charge < -0.3 is 9.80 Å². The van der Waals surface area contributed by atoms with Crippen molar-refractivity contribution in [1.29, 1.82) is 0 Å². The zero-order valence-corrected chi connectivity index (χ0v) is 17.5. The number of benzene rings is 2. The van der Waals surface area contributed by atoms with Gasteiger partial charge in [-0.2, -0.15) is 0 Å². The molecule has 0 atom stereocenters. The van der Waals surface area contributed by atoms with Crippen LogP contribution in [0.4, 0.5) is 11.5 Å². The van der Waals surface area contributed by atoms with Crippen molar-refractivity contribution >= 4 is 17.4 Å². The number of nitro groups is 1. The lowest BCUT2D eigenvalue weighted by molar-refractivity contribution is -0.385. The number of piperazine rings is 1. The van der Waals surface area contributed by atoms with E-state index < -0.39 is 4.92 Å². The van der Waals surface area contributed by atoms with E-state index in [4.69, 9.17) is 0 Å². The Hall–Kier alpha value is -3.81. The van der Waals surface area contributed by atoms with Gasteiger partial charge in [0.2, 0.25) is 0 Å². The van der Waals surface area contributed by atoms with Crippen LogP contribution >= 0.6 is 0 Å². The molecule has 0 radical (unpaired) electrons. The van der Waals surface area contributed by atoms with Gasteiger partial charge in [0, 0.05) is 37.8 Å². The molecule has 0 aliphatic carbocycles. The average Bonchev–Trinajstić information content (AvgIpc) is 2.79. The van der Waals surface area contributed by atoms with Gasteiger partial charge in [-0.1, -0.05) is 35.9 Å². The molecule has 0 bridgehead atoms. The highest BCUT2D eigenvalue weighted by atomic mass is 16.6. The van der Waals surface area contributed by atoms with E-state index in [1.807, 2.05) is 12.1 Å². The lowest BCUT2D eigenvalue weighted by Gasteiger charge is -2.35. The van der Waals surface area contributed by atoms with Crippen LogP contribution < -0.4 is 4.90 Å². The molecule has 0 N–H and O–H groups in total. The van der Waals surface area contributed by atoms with Gasteiger partial charge in [-0.05, 0) is 37.6 Å². The fraction of sp³-hybridized carbons (Fsp3) is 0.261. The van der Waals surface area contributed by atoms with Crippen LogP contribution in [-0.2, 0) is 0 Å². The van der Waals surface area contributed by atoms with Crippen LogP contribution in [0.1, 0.15) is 21.5 Å². The molecule has 1 fully saturated rings. The fourth-order valence-electron chi connectivity index (χ4n) is 3.86. The van der Waals surface area contributed by atoms with Gasteiger partial charge in [0.05, 0.1) is 10.6 Å². The van der Waals surface area contributed by atoms with Crippen molar-refractivity contribution < 1.29 is 9.72 Å². The molecular weight excluding hydrogens is 394 g/mol. The second-order valence-electron chi connectivity index (χ2n) is 7.65. The van der Waals surface area contributed by atoms with Crippen molar-refractivity contribution in [2.24, 2.45) is 0 Å². The minimum atomic E-state index is -0.517. The first kappa shape index (κ1) is 20.5. The van der Waals surface area contributed by atoms with Gasteiger partial charge in [-0.15, -0.1) is 10.2 Å². The Morgan fingerprint density at radius 3 is 2.35 bits per heavy atom. The largest absolute Gasteiger partial charge is 0.352 e. The summed E-state index contributed by atoms with van der Waals surface area (Å²) >= 11 is 0. The predicted molar refractivity (Wildman–Crippen MR) is 118 cm³/mol. The van der Waals surface area contributed by atoms with E-state index >= 15 is 0 Å². The molecule has 0 spiro atoms. The number of hydrogen-bond acceptors (Lipinski definition) is 6. The van der Waals surface area contributed by atoms with E-state index in [1.54, 1.807) is 17.0 Å². The molecule has 3 aromatic rings. The maximum absolute atomic E-state index is 12.8. The van der Waals surface area contributed by atoms with Crippen molar-refractivity contribution in [2.45, 2.75) is 13.8 Å². The van der Waals surface area contributed by atoms with Gasteiger partial charge in [0.25, 0.3) is 11.6 Å². The molecule has 4 rings (SSSR count). The Bertz CT molecular complexity index is 1120. The van der Waals surface area contributed by atoms with Crippen LogP contribution in [-0.4, -0.2) is 52.1 Å². The SMILES string of the molecule is Cc1ccc(-c2ccc(N3CCN(C(=O)c4ccccc4[N+](=O)[O-])CC3)nn2)c(C)c1.